The number of benzene rings is 2. The second-order valence-electron chi connectivity index (χ2n) is 6.13. The fourth-order valence-corrected chi connectivity index (χ4v) is 4.04. The van der Waals surface area contributed by atoms with Crippen molar-refractivity contribution in [3.05, 3.63) is 74.2 Å². The molecule has 0 saturated carbocycles. The number of nitro benzene ring substituents is 1. The lowest BCUT2D eigenvalue weighted by Crippen LogP contribution is -2.33. The molecular weight excluding hydrogens is 416 g/mol. The lowest BCUT2D eigenvalue weighted by molar-refractivity contribution is -0.385. The van der Waals surface area contributed by atoms with E-state index in [9.17, 15) is 24.8 Å². The van der Waals surface area contributed by atoms with E-state index in [1.165, 1.54) is 12.1 Å². The van der Waals surface area contributed by atoms with Crippen molar-refractivity contribution in [3.8, 4) is 5.75 Å². The van der Waals surface area contributed by atoms with Crippen molar-refractivity contribution in [3.63, 3.8) is 0 Å². The number of thiocarbonyl (C=S) groups is 1. The molecule has 8 nitrogen and oxygen atoms in total. The first kappa shape index (κ1) is 20.5. The Bertz CT molecular complexity index is 1050. The van der Waals surface area contributed by atoms with Crippen LogP contribution in [0, 0.1) is 10.1 Å². The number of carbonyl (C=O) groups is 2. The maximum Gasteiger partial charge on any atom is 0.323 e. The fraction of sp³-hybridized carbons (Fsp3) is 0.105. The van der Waals surface area contributed by atoms with E-state index in [4.69, 9.17) is 17.3 Å². The number of hydrogen-bond donors (Lipinski definition) is 2. The van der Waals surface area contributed by atoms with E-state index in [2.05, 4.69) is 0 Å². The Morgan fingerprint density at radius 3 is 2.55 bits per heavy atom. The van der Waals surface area contributed by atoms with Gasteiger partial charge in [-0.05, 0) is 29.7 Å². The largest absolute Gasteiger partial charge is 0.502 e. The summed E-state index contributed by atoms with van der Waals surface area (Å²) in [6, 6.07) is 12.1. The summed E-state index contributed by atoms with van der Waals surface area (Å²) in [4.78, 5) is 35.0. The highest BCUT2D eigenvalue weighted by atomic mass is 32.2. The van der Waals surface area contributed by atoms with E-state index < -0.39 is 34.8 Å². The van der Waals surface area contributed by atoms with Crippen LogP contribution in [0.1, 0.15) is 16.7 Å². The summed E-state index contributed by atoms with van der Waals surface area (Å²) >= 11 is 5.91. The first-order chi connectivity index (χ1) is 13.8. The third kappa shape index (κ3) is 4.61. The molecule has 0 unspecified atom stereocenters. The summed E-state index contributed by atoms with van der Waals surface area (Å²) in [7, 11) is 0. The van der Waals surface area contributed by atoms with Gasteiger partial charge in [-0.1, -0.05) is 54.3 Å². The minimum absolute atomic E-state index is 0.0677. The molecule has 0 spiro atoms. The van der Waals surface area contributed by atoms with Crippen molar-refractivity contribution < 1.29 is 24.7 Å². The number of carboxylic acid groups (broad SMARTS) is 1. The molecule has 148 valence electrons. The molecular formula is C19H14N2O6S2. The average molecular weight is 430 g/mol. The van der Waals surface area contributed by atoms with E-state index in [-0.39, 0.29) is 14.8 Å². The number of phenols is 1. The Labute approximate surface area is 174 Å². The Hall–Kier alpha value is -3.24. The van der Waals surface area contributed by atoms with Crippen LogP contribution < -0.4 is 0 Å². The number of thioether (sulfide) groups is 1. The van der Waals surface area contributed by atoms with Crippen molar-refractivity contribution in [1.29, 1.82) is 0 Å². The Kier molecular flexibility index (Phi) is 5.95. The monoisotopic (exact) mass is 430 g/mol. The minimum atomic E-state index is -1.22. The van der Waals surface area contributed by atoms with Crippen LogP contribution in [0.2, 0.25) is 0 Å². The Balaban J connectivity index is 2.01. The van der Waals surface area contributed by atoms with Crippen LogP contribution in [0.15, 0.2) is 47.4 Å². The highest BCUT2D eigenvalue weighted by molar-refractivity contribution is 8.26. The van der Waals surface area contributed by atoms with Gasteiger partial charge in [-0.25, -0.2) is 0 Å². The number of carboxylic acids is 1. The van der Waals surface area contributed by atoms with Gasteiger partial charge < -0.3 is 10.2 Å². The number of nitro groups is 1. The number of aliphatic carboxylic acids is 1. The highest BCUT2D eigenvalue weighted by Crippen LogP contribution is 2.37. The molecule has 29 heavy (non-hydrogen) atoms. The molecule has 1 aliphatic rings. The molecule has 10 heteroatoms. The number of carbonyl (C=O) groups excluding carboxylic acids is 1. The normalized spacial score (nSPS) is 15.2. The van der Waals surface area contributed by atoms with Gasteiger partial charge in [-0.15, -0.1) is 0 Å². The smallest absolute Gasteiger partial charge is 0.323 e. The van der Waals surface area contributed by atoms with E-state index in [0.29, 0.717) is 12.0 Å². The predicted octanol–water partition coefficient (Wildman–Crippen LogP) is 3.18. The molecule has 2 aromatic carbocycles. The van der Waals surface area contributed by atoms with Gasteiger partial charge in [0.15, 0.2) is 0 Å². The summed E-state index contributed by atoms with van der Waals surface area (Å²) in [6.45, 7) is -0.581. The summed E-state index contributed by atoms with van der Waals surface area (Å²) in [5, 5.41) is 30.6. The quantitative estimate of drug-likeness (QED) is 0.310. The van der Waals surface area contributed by atoms with Crippen molar-refractivity contribution in [2.24, 2.45) is 0 Å². The third-order valence-electron chi connectivity index (χ3n) is 4.08. The van der Waals surface area contributed by atoms with Gasteiger partial charge in [-0.3, -0.25) is 24.6 Å². The number of phenolic OH excluding ortho intramolecular Hbond substituents is 1. The van der Waals surface area contributed by atoms with Gasteiger partial charge in [0.2, 0.25) is 5.75 Å². The minimum Gasteiger partial charge on any atom is -0.502 e. The van der Waals surface area contributed by atoms with Gasteiger partial charge in [0.05, 0.1) is 9.83 Å². The van der Waals surface area contributed by atoms with Crippen LogP contribution in [-0.4, -0.2) is 42.8 Å². The Morgan fingerprint density at radius 2 is 1.93 bits per heavy atom. The molecule has 3 rings (SSSR count). The first-order valence-corrected chi connectivity index (χ1v) is 9.50. The SMILES string of the molecule is O=C(O)CN1C(=O)/C(=C\c2cc(Cc3ccccc3)cc([N+](=O)[O-])c2O)SC1=S. The molecule has 2 aromatic rings. The number of nitrogens with zero attached hydrogens (tertiary/aromatic N) is 2. The van der Waals surface area contributed by atoms with Crippen molar-refractivity contribution in [1.82, 2.24) is 4.90 Å². The molecule has 1 aliphatic heterocycles. The lowest BCUT2D eigenvalue weighted by Gasteiger charge is -2.10. The van der Waals surface area contributed by atoms with E-state index in [0.717, 1.165) is 22.2 Å². The number of aromatic hydroxyl groups is 1. The van der Waals surface area contributed by atoms with Crippen LogP contribution in [-0.2, 0) is 16.0 Å². The summed E-state index contributed by atoms with van der Waals surface area (Å²) in [5.41, 5.74) is 1.10. The summed E-state index contributed by atoms with van der Waals surface area (Å²) in [5.74, 6) is -2.42. The zero-order valence-electron chi connectivity index (χ0n) is 14.8. The maximum atomic E-state index is 12.4. The molecule has 1 amide bonds. The van der Waals surface area contributed by atoms with Gasteiger partial charge >= 0.3 is 11.7 Å². The van der Waals surface area contributed by atoms with E-state index in [1.807, 2.05) is 30.3 Å². The van der Waals surface area contributed by atoms with E-state index >= 15 is 0 Å². The first-order valence-electron chi connectivity index (χ1n) is 8.27. The molecule has 0 aliphatic carbocycles. The topological polar surface area (TPSA) is 121 Å². The van der Waals surface area contributed by atoms with Gasteiger partial charge in [0.25, 0.3) is 5.91 Å². The molecule has 0 bridgehead atoms. The predicted molar refractivity (Wildman–Crippen MR) is 112 cm³/mol. The van der Waals surface area contributed by atoms with Crippen LogP contribution in [0.25, 0.3) is 6.08 Å². The maximum absolute atomic E-state index is 12.4. The van der Waals surface area contributed by atoms with E-state index in [1.54, 1.807) is 6.07 Å². The summed E-state index contributed by atoms with van der Waals surface area (Å²) in [6.07, 6.45) is 1.68. The van der Waals surface area contributed by atoms with Crippen LogP contribution in [0.5, 0.6) is 5.75 Å². The van der Waals surface area contributed by atoms with Gasteiger partial charge in [-0.2, -0.15) is 0 Å². The molecule has 0 aromatic heterocycles. The second kappa shape index (κ2) is 8.41. The van der Waals surface area contributed by atoms with Crippen molar-refractivity contribution in [2.45, 2.75) is 6.42 Å². The molecule has 0 atom stereocenters. The molecule has 0 radical (unpaired) electrons. The van der Waals surface area contributed by atoms with Crippen molar-refractivity contribution >= 4 is 51.9 Å². The van der Waals surface area contributed by atoms with Gasteiger partial charge in [0, 0.05) is 11.6 Å². The molecule has 2 N–H and O–H groups in total. The lowest BCUT2D eigenvalue weighted by atomic mass is 10.0. The standard InChI is InChI=1S/C19H14N2O6S2/c22-16(23)10-20-18(25)15(29-19(20)28)9-13-7-12(6-11-4-2-1-3-5-11)8-14(17(13)24)21(26)27/h1-5,7-9,24H,6,10H2,(H,22,23)/b15-9+. The number of amides is 1. The van der Waals surface area contributed by atoms with Crippen LogP contribution >= 0.6 is 24.0 Å². The fourth-order valence-electron chi connectivity index (χ4n) is 2.80. The average Bonchev–Trinajstić information content (AvgIpc) is 2.92. The third-order valence-corrected chi connectivity index (χ3v) is 5.46. The van der Waals surface area contributed by atoms with Gasteiger partial charge in [0.1, 0.15) is 10.9 Å². The highest BCUT2D eigenvalue weighted by Gasteiger charge is 2.34. The molecule has 1 heterocycles. The zero-order valence-corrected chi connectivity index (χ0v) is 16.4. The molecule has 1 fully saturated rings. The Morgan fingerprint density at radius 1 is 1.24 bits per heavy atom. The van der Waals surface area contributed by atoms with Crippen molar-refractivity contribution in [2.75, 3.05) is 6.54 Å². The van der Waals surface area contributed by atoms with Crippen LogP contribution in [0.4, 0.5) is 5.69 Å². The number of rotatable bonds is 6. The summed E-state index contributed by atoms with van der Waals surface area (Å²) < 4.78 is 0.0677. The second-order valence-corrected chi connectivity index (χ2v) is 7.81. The molecule has 1 saturated heterocycles. The number of hydrogen-bond acceptors (Lipinski definition) is 7. The zero-order chi connectivity index (χ0) is 21.1. The van der Waals surface area contributed by atoms with Crippen LogP contribution in [0.3, 0.4) is 0 Å².